The lowest BCUT2D eigenvalue weighted by Crippen LogP contribution is -2.37. The van der Waals surface area contributed by atoms with Crippen LogP contribution in [0.4, 0.5) is 0 Å². The van der Waals surface area contributed by atoms with Crippen molar-refractivity contribution in [2.24, 2.45) is 0 Å². The largest absolute Gasteiger partial charge is 0.756 e. The van der Waals surface area contributed by atoms with Crippen LogP contribution in [-0.4, -0.2) is 70.7 Å². The fourth-order valence-electron chi connectivity index (χ4n) is 6.63. The van der Waals surface area contributed by atoms with Gasteiger partial charge >= 0.3 is 5.97 Å². The minimum absolute atomic E-state index is 0.0182. The third kappa shape index (κ3) is 49.0. The predicted octanol–water partition coefficient (Wildman–Crippen LogP) is 14.8. The summed E-state index contributed by atoms with van der Waals surface area (Å²) in [6.45, 7) is 5.27. The second kappa shape index (κ2) is 45.5. The summed E-state index contributed by atoms with van der Waals surface area (Å²) in [6.07, 6.45) is 59.2. The van der Waals surface area contributed by atoms with Crippen LogP contribution in [0.5, 0.6) is 0 Å². The van der Waals surface area contributed by atoms with E-state index in [1.54, 1.807) is 0 Å². The first kappa shape index (κ1) is 59.9. The van der Waals surface area contributed by atoms with E-state index in [-0.39, 0.29) is 32.2 Å². The number of carbonyl (C=O) groups is 1. The Morgan fingerprint density at radius 1 is 0.516 bits per heavy atom. The lowest BCUT2D eigenvalue weighted by atomic mass is 10.1. The molecule has 0 N–H and O–H groups in total. The Bertz CT molecular complexity index is 1220. The van der Waals surface area contributed by atoms with Crippen LogP contribution in [0.1, 0.15) is 200 Å². The Labute approximate surface area is 383 Å². The Morgan fingerprint density at radius 2 is 0.935 bits per heavy atom. The first-order valence-electron chi connectivity index (χ1n) is 25.2. The number of carbonyl (C=O) groups excluding carboxylic acids is 1. The first-order valence-corrected chi connectivity index (χ1v) is 26.6. The van der Waals surface area contributed by atoms with E-state index < -0.39 is 13.9 Å². The molecule has 8 nitrogen and oxygen atoms in total. The van der Waals surface area contributed by atoms with Gasteiger partial charge in [0.25, 0.3) is 7.82 Å². The summed E-state index contributed by atoms with van der Waals surface area (Å²) in [5.41, 5.74) is 0. The van der Waals surface area contributed by atoms with Crippen LogP contribution in [0.3, 0.4) is 0 Å². The maximum Gasteiger partial charge on any atom is 0.306 e. The van der Waals surface area contributed by atoms with Gasteiger partial charge in [-0.15, -0.1) is 0 Å². The summed E-state index contributed by atoms with van der Waals surface area (Å²) in [5.74, 6) is -0.354. The van der Waals surface area contributed by atoms with Crippen molar-refractivity contribution in [3.63, 3.8) is 0 Å². The molecule has 0 aliphatic carbocycles. The molecule has 0 aliphatic rings. The van der Waals surface area contributed by atoms with E-state index in [1.807, 2.05) is 21.1 Å². The molecule has 2 unspecified atom stereocenters. The minimum Gasteiger partial charge on any atom is -0.756 e. The maximum absolute atomic E-state index is 12.7. The van der Waals surface area contributed by atoms with Crippen molar-refractivity contribution >= 4 is 13.8 Å². The number of rotatable bonds is 46. The molecule has 0 heterocycles. The molecule has 360 valence electrons. The zero-order valence-electron chi connectivity index (χ0n) is 40.8. The fourth-order valence-corrected chi connectivity index (χ4v) is 7.35. The van der Waals surface area contributed by atoms with E-state index in [0.29, 0.717) is 17.6 Å². The van der Waals surface area contributed by atoms with Gasteiger partial charge in [-0.2, -0.15) is 0 Å². The van der Waals surface area contributed by atoms with Crippen molar-refractivity contribution in [1.29, 1.82) is 0 Å². The van der Waals surface area contributed by atoms with Crippen molar-refractivity contribution in [1.82, 2.24) is 0 Å². The fraction of sp³-hybridized carbons (Fsp3) is 0.755. The molecule has 0 amide bonds. The Kier molecular flexibility index (Phi) is 44.0. The van der Waals surface area contributed by atoms with Gasteiger partial charge in [-0.1, -0.05) is 183 Å². The van der Waals surface area contributed by atoms with Crippen LogP contribution in [-0.2, 0) is 27.9 Å². The number of allylic oxidation sites excluding steroid dienone is 12. The number of phosphoric acid groups is 1. The van der Waals surface area contributed by atoms with Crippen LogP contribution in [0.2, 0.25) is 0 Å². The third-order valence-corrected chi connectivity index (χ3v) is 11.5. The molecule has 0 saturated heterocycles. The van der Waals surface area contributed by atoms with Crippen LogP contribution < -0.4 is 4.89 Å². The molecule has 0 saturated carbocycles. The number of likely N-dealkylation sites (N-methyl/N-ethyl adjacent to an activating group) is 1. The molecule has 0 aliphatic heterocycles. The lowest BCUT2D eigenvalue weighted by Gasteiger charge is -2.28. The van der Waals surface area contributed by atoms with Gasteiger partial charge in [0.15, 0.2) is 0 Å². The second-order valence-electron chi connectivity index (χ2n) is 17.8. The highest BCUT2D eigenvalue weighted by molar-refractivity contribution is 7.45. The number of phosphoric ester groups is 1. The van der Waals surface area contributed by atoms with Crippen molar-refractivity contribution < 1.29 is 37.3 Å². The smallest absolute Gasteiger partial charge is 0.306 e. The molecule has 0 rings (SSSR count). The highest BCUT2D eigenvalue weighted by Crippen LogP contribution is 2.38. The Morgan fingerprint density at radius 3 is 1.42 bits per heavy atom. The van der Waals surface area contributed by atoms with Crippen molar-refractivity contribution in [3.05, 3.63) is 72.9 Å². The average Bonchev–Trinajstić information content (AvgIpc) is 3.23. The molecule has 0 radical (unpaired) electrons. The van der Waals surface area contributed by atoms with E-state index in [9.17, 15) is 14.3 Å². The second-order valence-corrected chi connectivity index (χ2v) is 19.2. The molecule has 0 aromatic carbocycles. The molecule has 9 heteroatoms. The predicted molar refractivity (Wildman–Crippen MR) is 263 cm³/mol. The molecule has 0 spiro atoms. The number of esters is 1. The molecule has 62 heavy (non-hydrogen) atoms. The van der Waals surface area contributed by atoms with E-state index in [1.165, 1.54) is 96.3 Å². The molecule has 0 aromatic rings. The Balaban J connectivity index is 4.22. The van der Waals surface area contributed by atoms with E-state index in [0.717, 1.165) is 83.5 Å². The molecule has 2 atom stereocenters. The van der Waals surface area contributed by atoms with Gasteiger partial charge in [0.2, 0.25) is 0 Å². The maximum atomic E-state index is 12.7. The lowest BCUT2D eigenvalue weighted by molar-refractivity contribution is -0.870. The summed E-state index contributed by atoms with van der Waals surface area (Å²) in [6, 6.07) is 0. The minimum atomic E-state index is -4.54. The summed E-state index contributed by atoms with van der Waals surface area (Å²) in [7, 11) is 1.33. The summed E-state index contributed by atoms with van der Waals surface area (Å²) < 4.78 is 34.7. The SMILES string of the molecule is CC/C=C\C/C=C\C/C=C\C/C=C\C/C=C\CCCCCCCC(=O)OC(COCCCCCCCCCC/C=C\CCCCCCCCC)COP(=O)([O-])OCC[N+](C)(C)C. The monoisotopic (exact) mass is 890 g/mol. The van der Waals surface area contributed by atoms with Crippen LogP contribution in [0, 0.1) is 0 Å². The first-order chi connectivity index (χ1) is 30.1. The summed E-state index contributed by atoms with van der Waals surface area (Å²) >= 11 is 0. The van der Waals surface area contributed by atoms with Gasteiger partial charge in [0.1, 0.15) is 19.3 Å². The summed E-state index contributed by atoms with van der Waals surface area (Å²) in [5, 5.41) is 0. The van der Waals surface area contributed by atoms with Crippen molar-refractivity contribution in [2.75, 3.05) is 54.1 Å². The summed E-state index contributed by atoms with van der Waals surface area (Å²) in [4.78, 5) is 25.2. The van der Waals surface area contributed by atoms with E-state index >= 15 is 0 Å². The van der Waals surface area contributed by atoms with Gasteiger partial charge in [-0.25, -0.2) is 0 Å². The van der Waals surface area contributed by atoms with Gasteiger partial charge in [0, 0.05) is 13.0 Å². The number of unbranched alkanes of at least 4 members (excludes halogenated alkanes) is 20. The molecule has 0 fully saturated rings. The molecular formula is C53H96NO7P. The van der Waals surface area contributed by atoms with Gasteiger partial charge in [0.05, 0.1) is 34.4 Å². The quantitative estimate of drug-likeness (QED) is 0.0197. The topological polar surface area (TPSA) is 94.1 Å². The molecule has 0 bridgehead atoms. The Hall–Kier alpha value is -2.06. The highest BCUT2D eigenvalue weighted by atomic mass is 31.2. The van der Waals surface area contributed by atoms with E-state index in [2.05, 4.69) is 86.8 Å². The number of quaternary nitrogens is 1. The van der Waals surface area contributed by atoms with Crippen LogP contribution in [0.25, 0.3) is 0 Å². The standard InChI is InChI=1S/C53H96NO7P/c1-6-8-10-12-14-16-18-20-22-24-26-27-28-30-32-34-36-38-40-42-44-46-53(55)61-52(51-60-62(56,57)59-49-47-54(3,4)5)50-58-48-45-43-41-39-37-35-33-31-29-25-23-21-19-17-15-13-11-9-7-2/h8,10,14,16,20,22-23,25-27,30,32,52H,6-7,9,11-13,15,17-19,21,24,28-29,31,33-51H2,1-5H3/b10-8-,16-14-,22-20-,25-23-,27-26-,32-30-. The number of nitrogens with zero attached hydrogens (tertiary/aromatic N) is 1. The highest BCUT2D eigenvalue weighted by Gasteiger charge is 2.20. The van der Waals surface area contributed by atoms with Crippen molar-refractivity contribution in [3.8, 4) is 0 Å². The number of ether oxygens (including phenoxy) is 2. The average molecular weight is 890 g/mol. The zero-order valence-corrected chi connectivity index (χ0v) is 41.7. The van der Waals surface area contributed by atoms with Crippen molar-refractivity contribution in [2.45, 2.75) is 206 Å². The zero-order chi connectivity index (χ0) is 45.5. The van der Waals surface area contributed by atoms with Gasteiger partial charge < -0.3 is 27.9 Å². The van der Waals surface area contributed by atoms with E-state index in [4.69, 9.17) is 18.5 Å². The molecule has 0 aromatic heterocycles. The van der Waals surface area contributed by atoms with Crippen LogP contribution >= 0.6 is 7.82 Å². The number of hydrogen-bond donors (Lipinski definition) is 0. The third-order valence-electron chi connectivity index (χ3n) is 10.5. The normalized spacial score (nSPS) is 14.2. The number of hydrogen-bond acceptors (Lipinski definition) is 7. The van der Waals surface area contributed by atoms with Gasteiger partial charge in [-0.05, 0) is 83.5 Å². The van der Waals surface area contributed by atoms with Crippen LogP contribution in [0.15, 0.2) is 72.9 Å². The molecular weight excluding hydrogens is 794 g/mol. The van der Waals surface area contributed by atoms with Gasteiger partial charge in [-0.3, -0.25) is 9.36 Å².